The number of nitrogens with zero attached hydrogens (tertiary/aromatic N) is 1. The van der Waals surface area contributed by atoms with Crippen molar-refractivity contribution in [3.8, 4) is 17.4 Å². The molecule has 0 saturated heterocycles. The van der Waals surface area contributed by atoms with E-state index >= 15 is 0 Å². The molecule has 0 bridgehead atoms. The Bertz CT molecular complexity index is 460. The van der Waals surface area contributed by atoms with E-state index in [9.17, 15) is 23.1 Å². The van der Waals surface area contributed by atoms with Crippen LogP contribution in [0.2, 0.25) is 0 Å². The van der Waals surface area contributed by atoms with E-state index in [0.29, 0.717) is 0 Å². The molecule has 0 fully saturated rings. The van der Waals surface area contributed by atoms with Crippen molar-refractivity contribution >= 4 is 5.97 Å². The van der Waals surface area contributed by atoms with Gasteiger partial charge in [0.05, 0.1) is 20.4 Å². The van der Waals surface area contributed by atoms with Gasteiger partial charge in [-0.05, 0) is 0 Å². The maximum absolute atomic E-state index is 12.0. The molecule has 0 radical (unpaired) electrons. The highest BCUT2D eigenvalue weighted by atomic mass is 19.4. The van der Waals surface area contributed by atoms with E-state index in [1.807, 2.05) is 0 Å². The molecule has 0 spiro atoms. The van der Waals surface area contributed by atoms with Crippen LogP contribution in [-0.2, 0) is 4.74 Å². The number of alkyl halides is 3. The molecular formula is C9H8F3NO5. The van der Waals surface area contributed by atoms with Crippen LogP contribution in [0, 0.1) is 0 Å². The minimum absolute atomic E-state index is 0.242. The third kappa shape index (κ3) is 2.93. The van der Waals surface area contributed by atoms with Crippen LogP contribution >= 0.6 is 0 Å². The number of methoxy groups -OCH3 is 2. The number of pyridine rings is 1. The minimum Gasteiger partial charge on any atom is -0.502 e. The minimum atomic E-state index is -5.05. The van der Waals surface area contributed by atoms with Gasteiger partial charge in [-0.25, -0.2) is 9.78 Å². The Morgan fingerprint density at radius 3 is 2.44 bits per heavy atom. The SMILES string of the molecule is COC(=O)c1c(OC)cnc(OC(F)(F)F)c1O. The van der Waals surface area contributed by atoms with Crippen LogP contribution in [0.5, 0.6) is 17.4 Å². The van der Waals surface area contributed by atoms with E-state index in [0.717, 1.165) is 20.4 Å². The van der Waals surface area contributed by atoms with Gasteiger partial charge in [0.25, 0.3) is 5.88 Å². The second-order valence-electron chi connectivity index (χ2n) is 2.89. The van der Waals surface area contributed by atoms with Gasteiger partial charge < -0.3 is 19.3 Å². The van der Waals surface area contributed by atoms with E-state index in [1.54, 1.807) is 0 Å². The van der Waals surface area contributed by atoms with Crippen molar-refractivity contribution in [3.05, 3.63) is 11.8 Å². The van der Waals surface area contributed by atoms with Crippen molar-refractivity contribution in [2.24, 2.45) is 0 Å². The standard InChI is InChI=1S/C9H8F3NO5/c1-16-4-3-13-7(18-9(10,11)12)6(14)5(4)8(15)17-2/h3,14H,1-2H3. The first-order valence-corrected chi connectivity index (χ1v) is 4.40. The zero-order valence-electron chi connectivity index (χ0n) is 9.24. The molecule has 1 aromatic heterocycles. The van der Waals surface area contributed by atoms with Gasteiger partial charge in [0.2, 0.25) is 0 Å². The third-order valence-corrected chi connectivity index (χ3v) is 1.81. The molecule has 0 amide bonds. The molecule has 1 rings (SSSR count). The summed E-state index contributed by atoms with van der Waals surface area (Å²) in [4.78, 5) is 14.5. The Kier molecular flexibility index (Phi) is 3.84. The largest absolute Gasteiger partial charge is 0.574 e. The number of hydrogen-bond donors (Lipinski definition) is 1. The summed E-state index contributed by atoms with van der Waals surface area (Å²) >= 11 is 0. The predicted octanol–water partition coefficient (Wildman–Crippen LogP) is 1.48. The first-order chi connectivity index (χ1) is 8.30. The zero-order chi connectivity index (χ0) is 13.9. The number of halogens is 3. The van der Waals surface area contributed by atoms with E-state index < -0.39 is 29.5 Å². The van der Waals surface area contributed by atoms with Gasteiger partial charge >= 0.3 is 12.3 Å². The third-order valence-electron chi connectivity index (χ3n) is 1.81. The summed E-state index contributed by atoms with van der Waals surface area (Å²) in [6.07, 6.45) is -4.25. The van der Waals surface area contributed by atoms with Crippen LogP contribution in [0.3, 0.4) is 0 Å². The fourth-order valence-electron chi connectivity index (χ4n) is 1.10. The van der Waals surface area contributed by atoms with Gasteiger partial charge in [-0.2, -0.15) is 0 Å². The van der Waals surface area contributed by atoms with Crippen molar-refractivity contribution in [1.29, 1.82) is 0 Å². The highest BCUT2D eigenvalue weighted by Crippen LogP contribution is 2.37. The van der Waals surface area contributed by atoms with Crippen molar-refractivity contribution in [2.45, 2.75) is 6.36 Å². The first kappa shape index (κ1) is 13.9. The molecule has 18 heavy (non-hydrogen) atoms. The molecular weight excluding hydrogens is 259 g/mol. The summed E-state index contributed by atoms with van der Waals surface area (Å²) in [6.45, 7) is 0. The Morgan fingerprint density at radius 2 is 2.00 bits per heavy atom. The molecule has 100 valence electrons. The summed E-state index contributed by atoms with van der Waals surface area (Å²) in [6, 6.07) is 0. The quantitative estimate of drug-likeness (QED) is 0.836. The van der Waals surface area contributed by atoms with E-state index in [-0.39, 0.29) is 5.75 Å². The Labute approximate surface area is 98.9 Å². The molecule has 0 unspecified atom stereocenters. The maximum Gasteiger partial charge on any atom is 0.574 e. The van der Waals surface area contributed by atoms with Crippen LogP contribution in [0.4, 0.5) is 13.2 Å². The van der Waals surface area contributed by atoms with Crippen LogP contribution in [0.15, 0.2) is 6.20 Å². The van der Waals surface area contributed by atoms with Crippen molar-refractivity contribution in [1.82, 2.24) is 4.98 Å². The van der Waals surface area contributed by atoms with Crippen molar-refractivity contribution < 1.29 is 37.3 Å². The number of carbonyl (C=O) groups excluding carboxylic acids is 1. The molecule has 0 aromatic carbocycles. The van der Waals surface area contributed by atoms with Gasteiger partial charge in [-0.15, -0.1) is 13.2 Å². The number of aromatic hydroxyl groups is 1. The number of esters is 1. The summed E-state index contributed by atoms with van der Waals surface area (Å²) in [5, 5.41) is 9.50. The molecule has 1 heterocycles. The summed E-state index contributed by atoms with van der Waals surface area (Å²) in [7, 11) is 2.14. The van der Waals surface area contributed by atoms with Crippen molar-refractivity contribution in [3.63, 3.8) is 0 Å². The first-order valence-electron chi connectivity index (χ1n) is 4.40. The lowest BCUT2D eigenvalue weighted by Gasteiger charge is -2.13. The molecule has 1 N–H and O–H groups in total. The molecule has 0 atom stereocenters. The second-order valence-corrected chi connectivity index (χ2v) is 2.89. The van der Waals surface area contributed by atoms with Gasteiger partial charge in [0.1, 0.15) is 0 Å². The summed E-state index contributed by atoms with van der Waals surface area (Å²) in [5.74, 6) is -3.60. The number of aromatic nitrogens is 1. The second kappa shape index (κ2) is 4.98. The molecule has 9 heteroatoms. The highest BCUT2D eigenvalue weighted by Gasteiger charge is 2.35. The number of hydrogen-bond acceptors (Lipinski definition) is 6. The maximum atomic E-state index is 12.0. The van der Waals surface area contributed by atoms with Crippen molar-refractivity contribution in [2.75, 3.05) is 14.2 Å². The van der Waals surface area contributed by atoms with Gasteiger partial charge in [-0.3, -0.25) is 0 Å². The fraction of sp³-hybridized carbons (Fsp3) is 0.333. The van der Waals surface area contributed by atoms with Crippen LogP contribution in [0.25, 0.3) is 0 Å². The normalized spacial score (nSPS) is 10.9. The number of rotatable bonds is 3. The number of ether oxygens (including phenoxy) is 3. The lowest BCUT2D eigenvalue weighted by atomic mass is 10.2. The molecule has 0 aliphatic carbocycles. The number of carbonyl (C=O) groups is 1. The van der Waals surface area contributed by atoms with Gasteiger partial charge in [0, 0.05) is 0 Å². The summed E-state index contributed by atoms with van der Waals surface area (Å²) in [5.41, 5.74) is -0.603. The molecule has 6 nitrogen and oxygen atoms in total. The van der Waals surface area contributed by atoms with Gasteiger partial charge in [-0.1, -0.05) is 0 Å². The Hall–Kier alpha value is -2.19. The average molecular weight is 267 g/mol. The molecule has 1 aromatic rings. The van der Waals surface area contributed by atoms with Crippen LogP contribution in [0.1, 0.15) is 10.4 Å². The predicted molar refractivity (Wildman–Crippen MR) is 50.5 cm³/mol. The van der Waals surface area contributed by atoms with Gasteiger partial charge in [0.15, 0.2) is 17.1 Å². The van der Waals surface area contributed by atoms with E-state index in [2.05, 4.69) is 19.2 Å². The topological polar surface area (TPSA) is 77.9 Å². The Balaban J connectivity index is 3.30. The lowest BCUT2D eigenvalue weighted by Crippen LogP contribution is -2.18. The molecule has 0 aliphatic heterocycles. The Morgan fingerprint density at radius 1 is 1.39 bits per heavy atom. The monoisotopic (exact) mass is 267 g/mol. The summed E-state index contributed by atoms with van der Waals surface area (Å²) < 4.78 is 48.4. The van der Waals surface area contributed by atoms with Crippen LogP contribution in [-0.4, -0.2) is 36.6 Å². The van der Waals surface area contributed by atoms with Crippen LogP contribution < -0.4 is 9.47 Å². The lowest BCUT2D eigenvalue weighted by molar-refractivity contribution is -0.276. The molecule has 0 saturated carbocycles. The smallest absolute Gasteiger partial charge is 0.502 e. The fourth-order valence-corrected chi connectivity index (χ4v) is 1.10. The molecule has 0 aliphatic rings. The van der Waals surface area contributed by atoms with E-state index in [1.165, 1.54) is 0 Å². The average Bonchev–Trinajstić information content (AvgIpc) is 2.29. The van der Waals surface area contributed by atoms with E-state index in [4.69, 9.17) is 0 Å². The zero-order valence-corrected chi connectivity index (χ0v) is 9.24. The highest BCUT2D eigenvalue weighted by molar-refractivity contribution is 5.96.